The number of nitrogens with one attached hydrogen (secondary N) is 2. The molecule has 2 aliphatic rings. The third kappa shape index (κ3) is 4.93. The third-order valence-electron chi connectivity index (χ3n) is 6.35. The Kier molecular flexibility index (Phi) is 7.18. The molecule has 9 heteroatoms. The maximum atomic E-state index is 13.0. The summed E-state index contributed by atoms with van der Waals surface area (Å²) in [5.41, 5.74) is 5.77. The van der Waals surface area contributed by atoms with Gasteiger partial charge in [0.15, 0.2) is 0 Å². The number of β-lactam (4-membered cyclic amide) rings is 1. The molecule has 0 unspecified atom stereocenters. The van der Waals surface area contributed by atoms with Crippen molar-refractivity contribution < 1.29 is 24.3 Å². The fourth-order valence-corrected chi connectivity index (χ4v) is 4.77. The molecule has 9 nitrogen and oxygen atoms in total. The predicted molar refractivity (Wildman–Crippen MR) is 117 cm³/mol. The highest BCUT2D eigenvalue weighted by atomic mass is 16.4. The second-order valence-corrected chi connectivity index (χ2v) is 9.30. The van der Waals surface area contributed by atoms with Gasteiger partial charge in [-0.25, -0.2) is 4.79 Å². The van der Waals surface area contributed by atoms with Gasteiger partial charge in [0.2, 0.25) is 17.7 Å². The summed E-state index contributed by atoms with van der Waals surface area (Å²) >= 11 is 0. The summed E-state index contributed by atoms with van der Waals surface area (Å²) in [6.45, 7) is 4.23. The number of unbranched alkanes of at least 4 members (excludes halogenated alkanes) is 1. The molecule has 2 aliphatic heterocycles. The number of carboxylic acids is 1. The first-order chi connectivity index (χ1) is 15.2. The van der Waals surface area contributed by atoms with Gasteiger partial charge >= 0.3 is 5.97 Å². The summed E-state index contributed by atoms with van der Waals surface area (Å²) in [4.78, 5) is 51.4. The van der Waals surface area contributed by atoms with E-state index >= 15 is 0 Å². The molecule has 1 aromatic carbocycles. The molecular weight excluding hydrogens is 412 g/mol. The van der Waals surface area contributed by atoms with Crippen LogP contribution in [0.5, 0.6) is 0 Å². The molecule has 0 radical (unpaired) electrons. The molecule has 0 saturated carbocycles. The van der Waals surface area contributed by atoms with E-state index in [1.807, 2.05) is 44.2 Å². The quantitative estimate of drug-likeness (QED) is 0.304. The van der Waals surface area contributed by atoms with Gasteiger partial charge in [0.05, 0.1) is 12.5 Å². The second-order valence-electron chi connectivity index (χ2n) is 9.30. The van der Waals surface area contributed by atoms with Crippen molar-refractivity contribution in [3.63, 3.8) is 0 Å². The Balaban J connectivity index is 1.63. The Morgan fingerprint density at radius 2 is 1.91 bits per heavy atom. The van der Waals surface area contributed by atoms with Crippen LogP contribution < -0.4 is 16.4 Å². The zero-order valence-corrected chi connectivity index (χ0v) is 18.5. The molecule has 2 fully saturated rings. The van der Waals surface area contributed by atoms with Crippen LogP contribution in [0.15, 0.2) is 30.3 Å². The molecule has 2 saturated heterocycles. The number of hydrogen-bond acceptors (Lipinski definition) is 5. The van der Waals surface area contributed by atoms with Crippen LogP contribution in [0.2, 0.25) is 0 Å². The smallest absolute Gasteiger partial charge is 0.326 e. The Labute approximate surface area is 187 Å². The van der Waals surface area contributed by atoms with Gasteiger partial charge in [0.1, 0.15) is 18.1 Å². The van der Waals surface area contributed by atoms with Crippen molar-refractivity contribution in [1.29, 1.82) is 0 Å². The molecular formula is C23H32N4O5. The van der Waals surface area contributed by atoms with E-state index in [1.165, 1.54) is 4.90 Å². The molecule has 174 valence electrons. The Bertz CT molecular complexity index is 872. The molecule has 32 heavy (non-hydrogen) atoms. The normalized spacial score (nSPS) is 24.3. The summed E-state index contributed by atoms with van der Waals surface area (Å²) in [6.07, 6.45) is 2.25. The number of fused-ring (bicyclic) bond motifs is 1. The maximum Gasteiger partial charge on any atom is 0.326 e. The fraction of sp³-hybridized carbons (Fsp3) is 0.565. The minimum Gasteiger partial charge on any atom is -0.480 e. The van der Waals surface area contributed by atoms with Crippen LogP contribution in [0.3, 0.4) is 0 Å². The first-order valence-corrected chi connectivity index (χ1v) is 11.0. The SMILES string of the molecule is CC1(C)C[C@@H]2[C@H](NC(=O)Cc3ccccc3)C(=O)N2[C@H]1C(=O)N[C@@H](CCCCN)C(=O)O. The molecule has 0 aromatic heterocycles. The number of rotatable bonds is 10. The molecule has 0 aliphatic carbocycles. The molecule has 5 N–H and O–H groups in total. The van der Waals surface area contributed by atoms with Crippen LogP contribution in [0.1, 0.15) is 45.1 Å². The number of benzene rings is 1. The van der Waals surface area contributed by atoms with Gasteiger partial charge in [-0.3, -0.25) is 14.4 Å². The predicted octanol–water partition coefficient (Wildman–Crippen LogP) is 0.422. The van der Waals surface area contributed by atoms with Gasteiger partial charge in [-0.05, 0) is 43.2 Å². The lowest BCUT2D eigenvalue weighted by Gasteiger charge is -2.45. The van der Waals surface area contributed by atoms with Crippen LogP contribution in [-0.4, -0.2) is 64.4 Å². The van der Waals surface area contributed by atoms with Gasteiger partial charge in [-0.2, -0.15) is 0 Å². The lowest BCUT2D eigenvalue weighted by atomic mass is 9.82. The van der Waals surface area contributed by atoms with Crippen molar-refractivity contribution in [2.24, 2.45) is 11.1 Å². The highest BCUT2D eigenvalue weighted by Crippen LogP contribution is 2.46. The Morgan fingerprint density at radius 3 is 2.53 bits per heavy atom. The monoisotopic (exact) mass is 444 g/mol. The zero-order valence-electron chi connectivity index (χ0n) is 18.5. The van der Waals surface area contributed by atoms with Crippen molar-refractivity contribution in [2.75, 3.05) is 6.54 Å². The van der Waals surface area contributed by atoms with E-state index in [0.717, 1.165) is 5.56 Å². The number of hydrogen-bond donors (Lipinski definition) is 4. The first-order valence-electron chi connectivity index (χ1n) is 11.0. The van der Waals surface area contributed by atoms with E-state index in [-0.39, 0.29) is 30.7 Å². The summed E-state index contributed by atoms with van der Waals surface area (Å²) < 4.78 is 0. The standard InChI is InChI=1S/C23H32N4O5/c1-23(2)13-16-18(26-17(28)12-14-8-4-3-5-9-14)21(30)27(16)19(23)20(29)25-15(22(31)32)10-6-7-11-24/h3-5,8-9,15-16,18-19H,6-7,10-13,24H2,1-2H3,(H,25,29)(H,26,28)(H,31,32)/t15-,16+,18-,19-/m0/s1. The van der Waals surface area contributed by atoms with Crippen LogP contribution in [0.25, 0.3) is 0 Å². The average Bonchev–Trinajstić information content (AvgIpc) is 3.00. The Morgan fingerprint density at radius 1 is 1.22 bits per heavy atom. The number of carbonyl (C=O) groups excluding carboxylic acids is 3. The van der Waals surface area contributed by atoms with Crippen molar-refractivity contribution in [2.45, 2.75) is 70.1 Å². The van der Waals surface area contributed by atoms with Crippen molar-refractivity contribution in [3.8, 4) is 0 Å². The molecule has 4 atom stereocenters. The average molecular weight is 445 g/mol. The van der Waals surface area contributed by atoms with Crippen LogP contribution in [-0.2, 0) is 25.6 Å². The van der Waals surface area contributed by atoms with E-state index in [0.29, 0.717) is 25.8 Å². The third-order valence-corrected chi connectivity index (χ3v) is 6.35. The summed E-state index contributed by atoms with van der Waals surface area (Å²) in [5.74, 6) is -2.13. The molecule has 3 amide bonds. The van der Waals surface area contributed by atoms with Gasteiger partial charge in [-0.15, -0.1) is 0 Å². The van der Waals surface area contributed by atoms with Crippen molar-refractivity contribution >= 4 is 23.7 Å². The number of carbonyl (C=O) groups is 4. The highest BCUT2D eigenvalue weighted by Gasteiger charge is 2.63. The van der Waals surface area contributed by atoms with Gasteiger partial charge in [0.25, 0.3) is 0 Å². The first kappa shape index (κ1) is 23.7. The van der Waals surface area contributed by atoms with E-state index < -0.39 is 35.4 Å². The van der Waals surface area contributed by atoms with E-state index in [9.17, 15) is 24.3 Å². The van der Waals surface area contributed by atoms with E-state index in [2.05, 4.69) is 10.6 Å². The molecule has 1 aromatic rings. The summed E-state index contributed by atoms with van der Waals surface area (Å²) in [6, 6.07) is 6.51. The minimum absolute atomic E-state index is 0.174. The maximum absolute atomic E-state index is 13.0. The highest BCUT2D eigenvalue weighted by molar-refractivity contribution is 5.99. The van der Waals surface area contributed by atoms with Crippen molar-refractivity contribution in [3.05, 3.63) is 35.9 Å². The lowest BCUT2D eigenvalue weighted by Crippen LogP contribution is -2.72. The zero-order chi connectivity index (χ0) is 23.5. The van der Waals surface area contributed by atoms with E-state index in [1.54, 1.807) is 0 Å². The van der Waals surface area contributed by atoms with Crippen LogP contribution >= 0.6 is 0 Å². The molecule has 2 heterocycles. The lowest BCUT2D eigenvalue weighted by molar-refractivity contribution is -0.158. The fourth-order valence-electron chi connectivity index (χ4n) is 4.77. The molecule has 0 bridgehead atoms. The van der Waals surface area contributed by atoms with Crippen molar-refractivity contribution in [1.82, 2.24) is 15.5 Å². The summed E-state index contributed by atoms with van der Waals surface area (Å²) in [5, 5.41) is 14.9. The van der Waals surface area contributed by atoms with Gasteiger partial charge in [-0.1, -0.05) is 44.2 Å². The summed E-state index contributed by atoms with van der Waals surface area (Å²) in [7, 11) is 0. The Hall–Kier alpha value is -2.94. The van der Waals surface area contributed by atoms with Gasteiger partial charge in [0, 0.05) is 0 Å². The van der Waals surface area contributed by atoms with Crippen LogP contribution in [0, 0.1) is 5.41 Å². The molecule has 3 rings (SSSR count). The molecule has 0 spiro atoms. The largest absolute Gasteiger partial charge is 0.480 e. The topological polar surface area (TPSA) is 142 Å². The number of aliphatic carboxylic acids is 1. The van der Waals surface area contributed by atoms with Crippen LogP contribution in [0.4, 0.5) is 0 Å². The minimum atomic E-state index is -1.11. The number of nitrogens with two attached hydrogens (primary N) is 1. The number of nitrogens with zero attached hydrogens (tertiary/aromatic N) is 1. The number of carboxylic acid groups (broad SMARTS) is 1. The van der Waals surface area contributed by atoms with Gasteiger partial charge < -0.3 is 26.4 Å². The second kappa shape index (κ2) is 9.68. The van der Waals surface area contributed by atoms with E-state index in [4.69, 9.17) is 5.73 Å². The number of amides is 3.